The summed E-state index contributed by atoms with van der Waals surface area (Å²) in [4.78, 5) is 48.8. The van der Waals surface area contributed by atoms with Crippen molar-refractivity contribution in [2.45, 2.75) is 65.1 Å². The van der Waals surface area contributed by atoms with Gasteiger partial charge in [-0.25, -0.2) is 4.98 Å². The number of likely N-dealkylation sites (N-methyl/N-ethyl adjacent to an activating group) is 1. The van der Waals surface area contributed by atoms with Gasteiger partial charge in [-0.05, 0) is 56.3 Å². The number of nitrogens with zero attached hydrogens (tertiary/aromatic N) is 4. The first-order chi connectivity index (χ1) is 19.1. The van der Waals surface area contributed by atoms with Crippen molar-refractivity contribution in [3.8, 4) is 0 Å². The Morgan fingerprint density at radius 3 is 2.50 bits per heavy atom. The highest BCUT2D eigenvalue weighted by Crippen LogP contribution is 2.27. The van der Waals surface area contributed by atoms with Crippen molar-refractivity contribution in [1.82, 2.24) is 29.8 Å². The van der Waals surface area contributed by atoms with Crippen LogP contribution in [0.25, 0.3) is 5.65 Å². The number of carbonyl (C=O) groups is 3. The predicted molar refractivity (Wildman–Crippen MR) is 156 cm³/mol. The van der Waals surface area contributed by atoms with E-state index in [4.69, 9.17) is 0 Å². The van der Waals surface area contributed by atoms with Crippen LogP contribution in [0, 0.1) is 5.41 Å². The maximum Gasteiger partial charge on any atom is 0.274 e. The van der Waals surface area contributed by atoms with Crippen molar-refractivity contribution >= 4 is 23.4 Å². The fourth-order valence-corrected chi connectivity index (χ4v) is 5.17. The molecule has 2 N–H and O–H groups in total. The third-order valence-electron chi connectivity index (χ3n) is 7.70. The second-order valence-electron chi connectivity index (χ2n) is 11.7. The first-order valence-electron chi connectivity index (χ1n) is 14.1. The number of imidazole rings is 1. The van der Waals surface area contributed by atoms with E-state index >= 15 is 0 Å². The SMILES string of the molecule is CNC(C)C(=O)NC(C(=O)N1CCCC1CN(CCc1ccccc1)C(=O)c1cn2ccccc2n1)C(C)(C)C. The maximum atomic E-state index is 13.9. The fraction of sp³-hybridized carbons (Fsp3) is 0.484. The second-order valence-corrected chi connectivity index (χ2v) is 11.7. The van der Waals surface area contributed by atoms with E-state index in [1.54, 1.807) is 20.2 Å². The van der Waals surface area contributed by atoms with Crippen LogP contribution in [0.4, 0.5) is 0 Å². The van der Waals surface area contributed by atoms with E-state index in [2.05, 4.69) is 27.8 Å². The molecule has 3 amide bonds. The van der Waals surface area contributed by atoms with Crippen molar-refractivity contribution < 1.29 is 14.4 Å². The van der Waals surface area contributed by atoms with Crippen molar-refractivity contribution in [1.29, 1.82) is 0 Å². The van der Waals surface area contributed by atoms with Crippen LogP contribution < -0.4 is 10.6 Å². The second kappa shape index (κ2) is 12.6. The molecule has 0 saturated carbocycles. The molecule has 4 rings (SSSR count). The molecule has 3 unspecified atom stereocenters. The van der Waals surface area contributed by atoms with Crippen molar-refractivity contribution in [3.05, 3.63) is 72.2 Å². The highest BCUT2D eigenvalue weighted by molar-refractivity contribution is 5.93. The highest BCUT2D eigenvalue weighted by atomic mass is 16.2. The standard InChI is InChI=1S/C31H42N6O3/c1-22(32-5)28(38)34-27(31(2,3)4)30(40)37-18-11-14-24(37)20-36(19-16-23-12-7-6-8-13-23)29(39)25-21-35-17-10-9-15-26(35)33-25/h6-10,12-13,15,17,21-22,24,27,32H,11,14,16,18-20H2,1-5H3,(H,34,38). The van der Waals surface area contributed by atoms with Gasteiger partial charge in [-0.1, -0.05) is 57.2 Å². The Balaban J connectivity index is 1.56. The molecule has 3 heterocycles. The number of nitrogens with one attached hydrogen (secondary N) is 2. The van der Waals surface area contributed by atoms with Gasteiger partial charge in [0.25, 0.3) is 5.91 Å². The first-order valence-corrected chi connectivity index (χ1v) is 14.1. The summed E-state index contributed by atoms with van der Waals surface area (Å²) in [5.41, 5.74) is 1.76. The Bertz CT molecular complexity index is 1280. The van der Waals surface area contributed by atoms with E-state index in [1.165, 1.54) is 0 Å². The summed E-state index contributed by atoms with van der Waals surface area (Å²) in [7, 11) is 1.72. The van der Waals surface area contributed by atoms with Crippen LogP contribution >= 0.6 is 0 Å². The van der Waals surface area contributed by atoms with Gasteiger partial charge in [0, 0.05) is 38.1 Å². The molecule has 0 radical (unpaired) electrons. The van der Waals surface area contributed by atoms with Crippen LogP contribution in [0.3, 0.4) is 0 Å². The van der Waals surface area contributed by atoms with Crippen LogP contribution in [0.15, 0.2) is 60.9 Å². The molecular formula is C31H42N6O3. The number of rotatable bonds is 10. The zero-order chi connectivity index (χ0) is 28.9. The lowest BCUT2D eigenvalue weighted by atomic mass is 9.85. The zero-order valence-corrected chi connectivity index (χ0v) is 24.3. The number of pyridine rings is 1. The molecule has 2 aromatic heterocycles. The van der Waals surface area contributed by atoms with Crippen molar-refractivity contribution in [2.75, 3.05) is 26.7 Å². The van der Waals surface area contributed by atoms with Gasteiger partial charge in [-0.15, -0.1) is 0 Å². The molecular weight excluding hydrogens is 504 g/mol. The summed E-state index contributed by atoms with van der Waals surface area (Å²) in [5.74, 6) is -0.463. The average Bonchev–Trinajstić information content (AvgIpc) is 3.59. The van der Waals surface area contributed by atoms with E-state index in [0.29, 0.717) is 37.4 Å². The van der Waals surface area contributed by atoms with Gasteiger partial charge in [-0.3, -0.25) is 14.4 Å². The van der Waals surface area contributed by atoms with Crippen LogP contribution in [0.1, 0.15) is 56.6 Å². The molecule has 1 aliphatic heterocycles. The number of hydrogen-bond donors (Lipinski definition) is 2. The van der Waals surface area contributed by atoms with Gasteiger partial charge in [-0.2, -0.15) is 0 Å². The Labute approximate surface area is 236 Å². The van der Waals surface area contributed by atoms with Crippen LogP contribution in [0.2, 0.25) is 0 Å². The predicted octanol–water partition coefficient (Wildman–Crippen LogP) is 3.15. The molecule has 214 valence electrons. The smallest absolute Gasteiger partial charge is 0.274 e. The normalized spacial score (nSPS) is 17.0. The summed E-state index contributed by atoms with van der Waals surface area (Å²) in [6.45, 7) is 9.17. The molecule has 0 spiro atoms. The van der Waals surface area contributed by atoms with Gasteiger partial charge < -0.3 is 24.8 Å². The Morgan fingerprint density at radius 2 is 1.82 bits per heavy atom. The molecule has 1 aromatic carbocycles. The van der Waals surface area contributed by atoms with Crippen LogP contribution in [-0.4, -0.2) is 81.7 Å². The molecule has 3 aromatic rings. The molecule has 1 saturated heterocycles. The maximum absolute atomic E-state index is 13.9. The van der Waals surface area contributed by atoms with Gasteiger partial charge in [0.1, 0.15) is 17.4 Å². The number of carbonyl (C=O) groups excluding carboxylic acids is 3. The summed E-state index contributed by atoms with van der Waals surface area (Å²) >= 11 is 0. The van der Waals surface area contributed by atoms with Crippen LogP contribution in [0.5, 0.6) is 0 Å². The number of likely N-dealkylation sites (tertiary alicyclic amines) is 1. The number of hydrogen-bond acceptors (Lipinski definition) is 5. The van der Waals surface area contributed by atoms with Gasteiger partial charge in [0.15, 0.2) is 0 Å². The summed E-state index contributed by atoms with van der Waals surface area (Å²) < 4.78 is 1.84. The number of benzene rings is 1. The van der Waals surface area contributed by atoms with E-state index < -0.39 is 17.5 Å². The molecule has 1 fully saturated rings. The monoisotopic (exact) mass is 546 g/mol. The highest BCUT2D eigenvalue weighted by Gasteiger charge is 2.41. The minimum Gasteiger partial charge on any atom is -0.342 e. The number of aromatic nitrogens is 2. The lowest BCUT2D eigenvalue weighted by molar-refractivity contribution is -0.140. The minimum atomic E-state index is -0.677. The largest absolute Gasteiger partial charge is 0.342 e. The van der Waals surface area contributed by atoms with E-state index in [-0.39, 0.29) is 23.8 Å². The minimum absolute atomic E-state index is 0.102. The zero-order valence-electron chi connectivity index (χ0n) is 24.3. The lowest BCUT2D eigenvalue weighted by Crippen LogP contribution is -2.59. The molecule has 9 nitrogen and oxygen atoms in total. The molecule has 0 aliphatic carbocycles. The quantitative estimate of drug-likeness (QED) is 0.407. The lowest BCUT2D eigenvalue weighted by Gasteiger charge is -2.37. The molecule has 40 heavy (non-hydrogen) atoms. The summed E-state index contributed by atoms with van der Waals surface area (Å²) in [6, 6.07) is 14.5. The van der Waals surface area contributed by atoms with E-state index in [0.717, 1.165) is 18.4 Å². The van der Waals surface area contributed by atoms with E-state index in [1.807, 2.05) is 77.6 Å². The molecule has 1 aliphatic rings. The number of fused-ring (bicyclic) bond motifs is 1. The summed E-state index contributed by atoms with van der Waals surface area (Å²) in [6.07, 6.45) is 5.98. The van der Waals surface area contributed by atoms with E-state index in [9.17, 15) is 14.4 Å². The third-order valence-corrected chi connectivity index (χ3v) is 7.70. The fourth-order valence-electron chi connectivity index (χ4n) is 5.17. The molecule has 3 atom stereocenters. The Hall–Kier alpha value is -3.72. The first kappa shape index (κ1) is 29.3. The Morgan fingerprint density at radius 1 is 1.10 bits per heavy atom. The van der Waals surface area contributed by atoms with Crippen molar-refractivity contribution in [2.24, 2.45) is 5.41 Å². The molecule has 9 heteroatoms. The topological polar surface area (TPSA) is 99.0 Å². The van der Waals surface area contributed by atoms with Crippen molar-refractivity contribution in [3.63, 3.8) is 0 Å². The van der Waals surface area contributed by atoms with Gasteiger partial charge in [0.2, 0.25) is 11.8 Å². The molecule has 0 bridgehead atoms. The Kier molecular flexibility index (Phi) is 9.25. The summed E-state index contributed by atoms with van der Waals surface area (Å²) in [5, 5.41) is 5.92. The number of amides is 3. The van der Waals surface area contributed by atoms with Gasteiger partial charge >= 0.3 is 0 Å². The van der Waals surface area contributed by atoms with Crippen LogP contribution in [-0.2, 0) is 16.0 Å². The average molecular weight is 547 g/mol. The third kappa shape index (κ3) is 6.88. The van der Waals surface area contributed by atoms with Gasteiger partial charge in [0.05, 0.1) is 6.04 Å².